The summed E-state index contributed by atoms with van der Waals surface area (Å²) < 4.78 is 5.96. The maximum Gasteiger partial charge on any atom is 0.271 e. The van der Waals surface area contributed by atoms with Crippen LogP contribution in [-0.4, -0.2) is 22.2 Å². The molecule has 5 aromatic rings. The highest BCUT2D eigenvalue weighted by Crippen LogP contribution is 2.26. The standard InChI is InChI=1S/C28H21N3O3/c32-25-15-14-20-5-1-2-8-23(20)24(25)17-30-31-28(33)22-12-10-19(11-13-22)18-34-26-9-3-6-21-7-4-16-29-27(21)26/h1-17,32H,18H2,(H,31,33)/b30-17+. The lowest BCUT2D eigenvalue weighted by molar-refractivity contribution is 0.0955. The van der Waals surface area contributed by atoms with Crippen LogP contribution in [0.3, 0.4) is 0 Å². The zero-order chi connectivity index (χ0) is 23.3. The summed E-state index contributed by atoms with van der Waals surface area (Å²) in [5.74, 6) is 0.468. The Labute approximate surface area is 196 Å². The first kappa shape index (κ1) is 21.2. The van der Waals surface area contributed by atoms with Crippen molar-refractivity contribution in [2.45, 2.75) is 6.61 Å². The fraction of sp³-hybridized carbons (Fsp3) is 0.0357. The molecule has 6 nitrogen and oxygen atoms in total. The molecule has 0 spiro atoms. The number of rotatable bonds is 6. The second kappa shape index (κ2) is 9.42. The lowest BCUT2D eigenvalue weighted by atomic mass is 10.0. The number of hydrogen-bond acceptors (Lipinski definition) is 5. The zero-order valence-corrected chi connectivity index (χ0v) is 18.2. The molecule has 0 radical (unpaired) electrons. The highest BCUT2D eigenvalue weighted by Gasteiger charge is 2.08. The molecule has 1 heterocycles. The second-order valence-corrected chi connectivity index (χ2v) is 7.74. The molecule has 0 aliphatic rings. The third kappa shape index (κ3) is 4.42. The highest BCUT2D eigenvalue weighted by atomic mass is 16.5. The molecule has 0 bridgehead atoms. The van der Waals surface area contributed by atoms with Gasteiger partial charge >= 0.3 is 0 Å². The molecule has 0 aliphatic carbocycles. The summed E-state index contributed by atoms with van der Waals surface area (Å²) in [6.45, 7) is 0.357. The van der Waals surface area contributed by atoms with Gasteiger partial charge in [-0.15, -0.1) is 0 Å². The number of hydrazone groups is 1. The van der Waals surface area contributed by atoms with Gasteiger partial charge in [0.1, 0.15) is 23.6 Å². The number of amides is 1. The van der Waals surface area contributed by atoms with Gasteiger partial charge in [-0.3, -0.25) is 9.78 Å². The molecule has 6 heteroatoms. The number of benzene rings is 4. The van der Waals surface area contributed by atoms with E-state index in [0.29, 0.717) is 23.5 Å². The third-order valence-corrected chi connectivity index (χ3v) is 5.51. The van der Waals surface area contributed by atoms with Gasteiger partial charge in [0.2, 0.25) is 0 Å². The first-order chi connectivity index (χ1) is 16.7. The normalized spacial score (nSPS) is 11.2. The van der Waals surface area contributed by atoms with Crippen molar-refractivity contribution in [1.29, 1.82) is 0 Å². The monoisotopic (exact) mass is 447 g/mol. The molecule has 4 aromatic carbocycles. The predicted molar refractivity (Wildman–Crippen MR) is 133 cm³/mol. The largest absolute Gasteiger partial charge is 0.507 e. The van der Waals surface area contributed by atoms with Crippen molar-refractivity contribution in [3.63, 3.8) is 0 Å². The first-order valence-corrected chi connectivity index (χ1v) is 10.8. The van der Waals surface area contributed by atoms with Crippen LogP contribution in [0.2, 0.25) is 0 Å². The minimum atomic E-state index is -0.346. The molecule has 0 atom stereocenters. The average Bonchev–Trinajstić information content (AvgIpc) is 2.89. The molecule has 34 heavy (non-hydrogen) atoms. The number of carbonyl (C=O) groups excluding carboxylic acids is 1. The lowest BCUT2D eigenvalue weighted by Gasteiger charge is -2.09. The van der Waals surface area contributed by atoms with Gasteiger partial charge in [0.15, 0.2) is 0 Å². The molecule has 0 fully saturated rings. The quantitative estimate of drug-likeness (QED) is 0.268. The van der Waals surface area contributed by atoms with Gasteiger partial charge in [-0.2, -0.15) is 5.10 Å². The van der Waals surface area contributed by atoms with Crippen molar-refractivity contribution >= 4 is 33.8 Å². The number of phenolic OH excluding ortho intramolecular Hbond substituents is 1. The Morgan fingerprint density at radius 3 is 2.59 bits per heavy atom. The summed E-state index contributed by atoms with van der Waals surface area (Å²) in [6.07, 6.45) is 3.20. The third-order valence-electron chi connectivity index (χ3n) is 5.51. The first-order valence-electron chi connectivity index (χ1n) is 10.8. The number of carbonyl (C=O) groups is 1. The van der Waals surface area contributed by atoms with Crippen molar-refractivity contribution in [3.8, 4) is 11.5 Å². The van der Waals surface area contributed by atoms with Crippen LogP contribution in [0, 0.1) is 0 Å². The lowest BCUT2D eigenvalue weighted by Crippen LogP contribution is -2.17. The van der Waals surface area contributed by atoms with E-state index in [1.54, 1.807) is 24.4 Å². The van der Waals surface area contributed by atoms with E-state index in [9.17, 15) is 9.90 Å². The predicted octanol–water partition coefficient (Wildman–Crippen LogP) is 5.44. The van der Waals surface area contributed by atoms with Crippen LogP contribution in [0.5, 0.6) is 11.5 Å². The zero-order valence-electron chi connectivity index (χ0n) is 18.2. The SMILES string of the molecule is O=C(N/N=C/c1c(O)ccc2ccccc12)c1ccc(COc2cccc3cccnc23)cc1. The van der Waals surface area contributed by atoms with Crippen molar-refractivity contribution < 1.29 is 14.6 Å². The minimum absolute atomic E-state index is 0.0995. The smallest absolute Gasteiger partial charge is 0.271 e. The summed E-state index contributed by atoms with van der Waals surface area (Å²) in [5, 5.41) is 17.1. The van der Waals surface area contributed by atoms with E-state index in [-0.39, 0.29) is 11.7 Å². The topological polar surface area (TPSA) is 83.8 Å². The highest BCUT2D eigenvalue weighted by molar-refractivity contribution is 6.03. The number of phenols is 1. The Bertz CT molecular complexity index is 1510. The van der Waals surface area contributed by atoms with Crippen molar-refractivity contribution in [3.05, 3.63) is 114 Å². The summed E-state index contributed by atoms with van der Waals surface area (Å²) >= 11 is 0. The Balaban J connectivity index is 1.23. The molecule has 2 N–H and O–H groups in total. The maximum atomic E-state index is 12.5. The number of hydrogen-bond donors (Lipinski definition) is 2. The van der Waals surface area contributed by atoms with Gasteiger partial charge in [0, 0.05) is 22.7 Å². The number of aromatic nitrogens is 1. The molecule has 1 aromatic heterocycles. The van der Waals surface area contributed by atoms with Gasteiger partial charge in [-0.05, 0) is 46.7 Å². The Morgan fingerprint density at radius 1 is 0.912 bits per heavy atom. The summed E-state index contributed by atoms with van der Waals surface area (Å²) in [7, 11) is 0. The molecule has 1 amide bonds. The second-order valence-electron chi connectivity index (χ2n) is 7.74. The van der Waals surface area contributed by atoms with E-state index in [1.165, 1.54) is 6.21 Å². The van der Waals surface area contributed by atoms with Crippen LogP contribution in [0.25, 0.3) is 21.7 Å². The van der Waals surface area contributed by atoms with E-state index >= 15 is 0 Å². The van der Waals surface area contributed by atoms with E-state index in [1.807, 2.05) is 72.8 Å². The Hall–Kier alpha value is -4.71. The summed E-state index contributed by atoms with van der Waals surface area (Å²) in [6, 6.07) is 27.9. The number of para-hydroxylation sites is 1. The number of ether oxygens (including phenoxy) is 1. The fourth-order valence-electron chi connectivity index (χ4n) is 3.75. The average molecular weight is 447 g/mol. The van der Waals surface area contributed by atoms with Crippen LogP contribution in [-0.2, 0) is 6.61 Å². The van der Waals surface area contributed by atoms with Crippen LogP contribution in [0.1, 0.15) is 21.5 Å². The van der Waals surface area contributed by atoms with E-state index < -0.39 is 0 Å². The van der Waals surface area contributed by atoms with Gasteiger partial charge < -0.3 is 9.84 Å². The molecular weight excluding hydrogens is 426 g/mol. The number of aromatic hydroxyl groups is 1. The van der Waals surface area contributed by atoms with E-state index in [0.717, 1.165) is 27.2 Å². The number of pyridine rings is 1. The fourth-order valence-corrected chi connectivity index (χ4v) is 3.75. The van der Waals surface area contributed by atoms with Crippen LogP contribution in [0.15, 0.2) is 102 Å². The molecule has 166 valence electrons. The summed E-state index contributed by atoms with van der Waals surface area (Å²) in [4.78, 5) is 16.9. The Kier molecular flexibility index (Phi) is 5.86. The van der Waals surface area contributed by atoms with E-state index in [4.69, 9.17) is 4.74 Å². The molecule has 0 saturated carbocycles. The van der Waals surface area contributed by atoms with Crippen molar-refractivity contribution in [2.24, 2.45) is 5.10 Å². The van der Waals surface area contributed by atoms with Gasteiger partial charge in [0.25, 0.3) is 5.91 Å². The molecule has 0 saturated heterocycles. The molecular formula is C28H21N3O3. The van der Waals surface area contributed by atoms with Crippen LogP contribution in [0.4, 0.5) is 0 Å². The van der Waals surface area contributed by atoms with Gasteiger partial charge in [-0.25, -0.2) is 5.43 Å². The van der Waals surface area contributed by atoms with E-state index in [2.05, 4.69) is 15.5 Å². The van der Waals surface area contributed by atoms with Crippen LogP contribution < -0.4 is 10.2 Å². The molecule has 5 rings (SSSR count). The number of fused-ring (bicyclic) bond motifs is 2. The number of nitrogens with one attached hydrogen (secondary N) is 1. The van der Waals surface area contributed by atoms with Crippen molar-refractivity contribution in [1.82, 2.24) is 10.4 Å². The Morgan fingerprint density at radius 2 is 1.71 bits per heavy atom. The maximum absolute atomic E-state index is 12.5. The van der Waals surface area contributed by atoms with Crippen molar-refractivity contribution in [2.75, 3.05) is 0 Å². The minimum Gasteiger partial charge on any atom is -0.507 e. The summed E-state index contributed by atoms with van der Waals surface area (Å²) in [5.41, 5.74) is 5.27. The van der Waals surface area contributed by atoms with Crippen LogP contribution >= 0.6 is 0 Å². The number of nitrogens with zero attached hydrogens (tertiary/aromatic N) is 2. The molecule has 0 unspecified atom stereocenters. The van der Waals surface area contributed by atoms with Gasteiger partial charge in [-0.1, -0.05) is 60.7 Å². The molecule has 0 aliphatic heterocycles. The van der Waals surface area contributed by atoms with Gasteiger partial charge in [0.05, 0.1) is 6.21 Å².